The molecule has 44 heavy (non-hydrogen) atoms. The van der Waals surface area contributed by atoms with Crippen LogP contribution in [0.2, 0.25) is 0 Å². The second kappa shape index (κ2) is 12.4. The summed E-state index contributed by atoms with van der Waals surface area (Å²) in [7, 11) is 0. The van der Waals surface area contributed by atoms with E-state index in [1.165, 1.54) is 24.5 Å². The van der Waals surface area contributed by atoms with Crippen LogP contribution in [0, 0.1) is 0 Å². The molecule has 2 heterocycles. The molecule has 0 spiro atoms. The topological polar surface area (TPSA) is 133 Å². The van der Waals surface area contributed by atoms with Gasteiger partial charge in [-0.3, -0.25) is 14.6 Å². The summed E-state index contributed by atoms with van der Waals surface area (Å²) in [4.78, 5) is 46.3. The van der Waals surface area contributed by atoms with Crippen molar-refractivity contribution < 1.29 is 24.2 Å². The second-order valence-corrected chi connectivity index (χ2v) is 11.6. The summed E-state index contributed by atoms with van der Waals surface area (Å²) in [6.07, 6.45) is 10.9. The number of nitrogens with one attached hydrogen (secondary N) is 3. The lowest BCUT2D eigenvalue weighted by Crippen LogP contribution is -2.61. The molecule has 2 fully saturated rings. The van der Waals surface area contributed by atoms with Gasteiger partial charge in [-0.2, -0.15) is 0 Å². The van der Waals surface area contributed by atoms with Crippen molar-refractivity contribution in [1.29, 1.82) is 0 Å². The maximum absolute atomic E-state index is 13.6. The number of carboxylic acids is 1. The van der Waals surface area contributed by atoms with Crippen LogP contribution in [0.4, 0.5) is 5.69 Å². The third-order valence-corrected chi connectivity index (χ3v) is 8.76. The Morgan fingerprint density at radius 1 is 1.07 bits per heavy atom. The largest absolute Gasteiger partial charge is 0.493 e. The van der Waals surface area contributed by atoms with E-state index in [1.54, 1.807) is 24.4 Å². The van der Waals surface area contributed by atoms with Crippen LogP contribution in [0.15, 0.2) is 66.9 Å². The molecule has 9 nitrogen and oxygen atoms in total. The van der Waals surface area contributed by atoms with E-state index in [4.69, 9.17) is 9.84 Å². The Balaban J connectivity index is 1.23. The molecule has 6 rings (SSSR count). The quantitative estimate of drug-likeness (QED) is 0.152. The molecule has 0 saturated heterocycles. The van der Waals surface area contributed by atoms with Gasteiger partial charge in [-0.05, 0) is 93.0 Å². The number of aromatic amines is 1. The number of carbonyl (C=O) groups excluding carboxylic acids is 2. The molecule has 2 saturated carbocycles. The number of carboxylic acid groups (broad SMARTS) is 1. The Labute approximate surface area is 255 Å². The van der Waals surface area contributed by atoms with Gasteiger partial charge in [0.1, 0.15) is 11.3 Å². The van der Waals surface area contributed by atoms with Gasteiger partial charge >= 0.3 is 5.97 Å². The highest BCUT2D eigenvalue weighted by Gasteiger charge is 2.45. The van der Waals surface area contributed by atoms with Gasteiger partial charge in [-0.25, -0.2) is 4.79 Å². The molecule has 0 atom stereocenters. The first kappa shape index (κ1) is 29.2. The van der Waals surface area contributed by atoms with Crippen LogP contribution >= 0.6 is 0 Å². The average molecular weight is 593 g/mol. The molecule has 0 bridgehead atoms. The van der Waals surface area contributed by atoms with Gasteiger partial charge in [0.15, 0.2) is 0 Å². The van der Waals surface area contributed by atoms with Crippen molar-refractivity contribution in [3.63, 3.8) is 0 Å². The highest BCUT2D eigenvalue weighted by molar-refractivity contribution is 6.06. The number of pyridine rings is 1. The predicted octanol–water partition coefficient (Wildman–Crippen LogP) is 6.68. The van der Waals surface area contributed by atoms with Gasteiger partial charge in [0.25, 0.3) is 5.91 Å². The first-order valence-electron chi connectivity index (χ1n) is 15.3. The predicted molar refractivity (Wildman–Crippen MR) is 170 cm³/mol. The molecular weight excluding hydrogens is 556 g/mol. The summed E-state index contributed by atoms with van der Waals surface area (Å²) >= 11 is 0. The molecule has 2 aliphatic rings. The molecule has 226 valence electrons. The van der Waals surface area contributed by atoms with Gasteiger partial charge in [0, 0.05) is 46.1 Å². The number of fused-ring (bicyclic) bond motifs is 1. The number of nitrogens with zero attached hydrogens (tertiary/aromatic N) is 1. The first-order chi connectivity index (χ1) is 21.4. The first-order valence-corrected chi connectivity index (χ1v) is 15.3. The van der Waals surface area contributed by atoms with Crippen LogP contribution in [0.5, 0.6) is 5.75 Å². The zero-order chi connectivity index (χ0) is 30.7. The lowest BCUT2D eigenvalue weighted by atomic mass is 9.75. The highest BCUT2D eigenvalue weighted by atomic mass is 16.5. The van der Waals surface area contributed by atoms with Crippen molar-refractivity contribution in [1.82, 2.24) is 15.3 Å². The fourth-order valence-corrected chi connectivity index (χ4v) is 6.38. The van der Waals surface area contributed by atoms with E-state index >= 15 is 0 Å². The molecule has 2 aromatic carbocycles. The van der Waals surface area contributed by atoms with Crippen molar-refractivity contribution in [3.05, 3.63) is 83.6 Å². The van der Waals surface area contributed by atoms with Crippen LogP contribution in [0.1, 0.15) is 79.3 Å². The van der Waals surface area contributed by atoms with E-state index < -0.39 is 11.5 Å². The summed E-state index contributed by atoms with van der Waals surface area (Å²) in [5, 5.41) is 16.1. The number of hydrogen-bond donors (Lipinski definition) is 4. The van der Waals surface area contributed by atoms with Crippen LogP contribution in [0.3, 0.4) is 0 Å². The number of aromatic nitrogens is 2. The maximum atomic E-state index is 13.6. The zero-order valence-corrected chi connectivity index (χ0v) is 24.7. The average Bonchev–Trinajstić information content (AvgIpc) is 3.66. The molecule has 2 aliphatic carbocycles. The summed E-state index contributed by atoms with van der Waals surface area (Å²) in [6.45, 7) is 2.20. The minimum atomic E-state index is -1.06. The number of hydrogen-bond acceptors (Lipinski definition) is 5. The molecule has 0 aliphatic heterocycles. The van der Waals surface area contributed by atoms with E-state index in [1.807, 2.05) is 43.3 Å². The normalized spacial score (nSPS) is 16.1. The smallest absolute Gasteiger partial charge is 0.328 e. The number of carbonyl (C=O) groups is 3. The number of aliphatic carboxylic acids is 1. The summed E-state index contributed by atoms with van der Waals surface area (Å²) in [5.74, 6) is -0.757. The molecule has 2 amide bonds. The van der Waals surface area contributed by atoms with Gasteiger partial charge in [-0.15, -0.1) is 0 Å². The van der Waals surface area contributed by atoms with Crippen LogP contribution < -0.4 is 15.4 Å². The van der Waals surface area contributed by atoms with E-state index in [-0.39, 0.29) is 11.8 Å². The Hall–Kier alpha value is -4.92. The van der Waals surface area contributed by atoms with Gasteiger partial charge in [0.2, 0.25) is 5.91 Å². The molecule has 0 unspecified atom stereocenters. The zero-order valence-electron chi connectivity index (χ0n) is 24.7. The molecule has 9 heteroatoms. The Morgan fingerprint density at radius 2 is 1.89 bits per heavy atom. The van der Waals surface area contributed by atoms with Crippen molar-refractivity contribution >= 4 is 40.4 Å². The molecule has 4 aromatic rings. The van der Waals surface area contributed by atoms with Crippen molar-refractivity contribution in [2.24, 2.45) is 0 Å². The second-order valence-electron chi connectivity index (χ2n) is 11.6. The van der Waals surface area contributed by atoms with Crippen LogP contribution in [-0.4, -0.2) is 45.0 Å². The van der Waals surface area contributed by atoms with E-state index in [0.717, 1.165) is 47.6 Å². The maximum Gasteiger partial charge on any atom is 0.328 e. The fourth-order valence-electron chi connectivity index (χ4n) is 6.38. The van der Waals surface area contributed by atoms with Crippen molar-refractivity contribution in [2.75, 3.05) is 11.9 Å². The fraction of sp³-hybridized carbons (Fsp3) is 0.314. The number of ether oxygens (including phenoxy) is 1. The molecule has 4 N–H and O–H groups in total. The third kappa shape index (κ3) is 5.82. The van der Waals surface area contributed by atoms with Crippen LogP contribution in [-0.2, 0) is 9.59 Å². The number of rotatable bonds is 10. The number of benzene rings is 2. The Bertz CT molecular complexity index is 1730. The molecule has 2 aromatic heterocycles. The molecular formula is C35H36N4O5. The van der Waals surface area contributed by atoms with Crippen molar-refractivity contribution in [2.45, 2.75) is 63.3 Å². The van der Waals surface area contributed by atoms with Gasteiger partial charge in [-0.1, -0.05) is 25.0 Å². The Morgan fingerprint density at radius 3 is 2.57 bits per heavy atom. The lowest BCUT2D eigenvalue weighted by molar-refractivity contribution is -0.131. The highest BCUT2D eigenvalue weighted by Crippen LogP contribution is 2.43. The van der Waals surface area contributed by atoms with Crippen LogP contribution in [0.25, 0.3) is 28.4 Å². The third-order valence-electron chi connectivity index (χ3n) is 8.76. The lowest BCUT2D eigenvalue weighted by Gasteiger charge is -2.40. The number of H-pyrrole nitrogens is 1. The van der Waals surface area contributed by atoms with E-state index in [0.29, 0.717) is 47.9 Å². The van der Waals surface area contributed by atoms with Gasteiger partial charge in [0.05, 0.1) is 18.0 Å². The number of anilines is 1. The van der Waals surface area contributed by atoms with Gasteiger partial charge < -0.3 is 25.5 Å². The molecule has 0 radical (unpaired) electrons. The minimum absolute atomic E-state index is 0.296. The Kier molecular flexibility index (Phi) is 8.19. The summed E-state index contributed by atoms with van der Waals surface area (Å²) in [5.41, 5.74) is 4.60. The van der Waals surface area contributed by atoms with E-state index in [2.05, 4.69) is 20.6 Å². The van der Waals surface area contributed by atoms with Crippen molar-refractivity contribution in [3.8, 4) is 17.1 Å². The summed E-state index contributed by atoms with van der Waals surface area (Å²) in [6, 6.07) is 16.7. The minimum Gasteiger partial charge on any atom is -0.493 e. The SMILES string of the molecule is CCOc1cc(NC(=O)C2(NC(=O)c3ccc4c(C5CCCC5)c(-c5ccccn5)[nH]c4c3)CCC2)ccc1/C=C/C(=O)O. The van der Waals surface area contributed by atoms with E-state index in [9.17, 15) is 14.4 Å². The monoisotopic (exact) mass is 592 g/mol. The standard InChI is InChI=1S/C35H36N4O5/c1-2-44-29-21-25(14-11-22(29)13-16-30(40)41)37-34(43)35(17-7-18-35)39-33(42)24-12-15-26-28(20-24)38-32(27-10-5-6-19-36-27)31(26)23-8-3-4-9-23/h5-6,10-16,19-21,23,38H,2-4,7-9,17-18H2,1H3,(H,37,43)(H,39,42)(H,40,41)/b16-13+. The number of amides is 2. The summed E-state index contributed by atoms with van der Waals surface area (Å²) < 4.78 is 5.67.